The summed E-state index contributed by atoms with van der Waals surface area (Å²) < 4.78 is 13.0. The molecule has 0 bridgehead atoms. The molecular weight excluding hydrogens is 257 g/mol. The Labute approximate surface area is 117 Å². The van der Waals surface area contributed by atoms with Gasteiger partial charge in [-0.25, -0.2) is 4.39 Å². The van der Waals surface area contributed by atoms with Gasteiger partial charge in [-0.2, -0.15) is 0 Å². The lowest BCUT2D eigenvalue weighted by Crippen LogP contribution is -2.25. The monoisotopic (exact) mass is 273 g/mol. The maximum atomic E-state index is 13.0. The van der Waals surface area contributed by atoms with Gasteiger partial charge in [-0.15, -0.1) is 0 Å². The number of aryl methyl sites for hydroxylation is 1. The van der Waals surface area contributed by atoms with E-state index in [2.05, 4.69) is 5.32 Å². The average molecular weight is 273 g/mol. The van der Waals surface area contributed by atoms with Gasteiger partial charge in [-0.1, -0.05) is 18.2 Å². The second-order valence-electron chi connectivity index (χ2n) is 4.64. The van der Waals surface area contributed by atoms with E-state index in [1.165, 1.54) is 18.2 Å². The number of nitrogens with one attached hydrogen (secondary N) is 1. The van der Waals surface area contributed by atoms with Crippen LogP contribution in [-0.4, -0.2) is 17.6 Å². The molecule has 0 aromatic heterocycles. The molecule has 4 heteroatoms. The van der Waals surface area contributed by atoms with Crippen LogP contribution in [-0.2, 0) is 6.42 Å². The van der Waals surface area contributed by atoms with Crippen LogP contribution in [0.1, 0.15) is 21.5 Å². The van der Waals surface area contributed by atoms with Gasteiger partial charge in [0.25, 0.3) is 5.91 Å². The Morgan fingerprint density at radius 1 is 1.25 bits per heavy atom. The minimum atomic E-state index is -0.280. The van der Waals surface area contributed by atoms with Crippen molar-refractivity contribution in [1.29, 1.82) is 0 Å². The van der Waals surface area contributed by atoms with E-state index >= 15 is 0 Å². The SMILES string of the molecule is Cc1ccc(C(=O)NCCc2cccc(F)c2)cc1O. The quantitative estimate of drug-likeness (QED) is 0.900. The molecule has 1 amide bonds. The molecule has 3 nitrogen and oxygen atoms in total. The van der Waals surface area contributed by atoms with E-state index in [0.717, 1.165) is 11.1 Å². The normalized spacial score (nSPS) is 10.3. The maximum absolute atomic E-state index is 13.0. The summed E-state index contributed by atoms with van der Waals surface area (Å²) in [6.07, 6.45) is 0.557. The van der Waals surface area contributed by atoms with E-state index in [9.17, 15) is 14.3 Å². The summed E-state index contributed by atoms with van der Waals surface area (Å²) in [6.45, 7) is 2.18. The molecule has 0 radical (unpaired) electrons. The predicted octanol–water partition coefficient (Wildman–Crippen LogP) is 2.81. The smallest absolute Gasteiger partial charge is 0.251 e. The molecule has 0 atom stereocenters. The first-order valence-corrected chi connectivity index (χ1v) is 6.38. The molecular formula is C16H16FNO2. The second-order valence-corrected chi connectivity index (χ2v) is 4.64. The first-order valence-electron chi connectivity index (χ1n) is 6.38. The third-order valence-electron chi connectivity index (χ3n) is 3.06. The Hall–Kier alpha value is -2.36. The highest BCUT2D eigenvalue weighted by molar-refractivity contribution is 5.94. The van der Waals surface area contributed by atoms with Crippen LogP contribution in [0.2, 0.25) is 0 Å². The number of aromatic hydroxyl groups is 1. The van der Waals surface area contributed by atoms with Gasteiger partial charge in [0.2, 0.25) is 0 Å². The zero-order valence-corrected chi connectivity index (χ0v) is 11.2. The van der Waals surface area contributed by atoms with Crippen LogP contribution in [0.15, 0.2) is 42.5 Å². The van der Waals surface area contributed by atoms with Crippen LogP contribution in [0, 0.1) is 12.7 Å². The van der Waals surface area contributed by atoms with Gasteiger partial charge in [0, 0.05) is 12.1 Å². The molecule has 0 spiro atoms. The summed E-state index contributed by atoms with van der Waals surface area (Å²) in [7, 11) is 0. The Bertz CT molecular complexity index is 626. The van der Waals surface area contributed by atoms with Gasteiger partial charge in [0.1, 0.15) is 11.6 Å². The van der Waals surface area contributed by atoms with Gasteiger partial charge in [0.15, 0.2) is 0 Å². The number of benzene rings is 2. The number of carbonyl (C=O) groups is 1. The minimum absolute atomic E-state index is 0.0998. The number of hydrogen-bond donors (Lipinski definition) is 2. The average Bonchev–Trinajstić information content (AvgIpc) is 2.42. The number of halogens is 1. The van der Waals surface area contributed by atoms with Crippen LogP contribution < -0.4 is 5.32 Å². The molecule has 0 saturated carbocycles. The zero-order valence-electron chi connectivity index (χ0n) is 11.2. The van der Waals surface area contributed by atoms with Crippen molar-refractivity contribution in [1.82, 2.24) is 5.32 Å². The highest BCUT2D eigenvalue weighted by Gasteiger charge is 2.07. The summed E-state index contributed by atoms with van der Waals surface area (Å²) in [5.74, 6) is -0.434. The van der Waals surface area contributed by atoms with Crippen LogP contribution in [0.25, 0.3) is 0 Å². The third-order valence-corrected chi connectivity index (χ3v) is 3.06. The summed E-state index contributed by atoms with van der Waals surface area (Å²) in [6, 6.07) is 11.1. The fraction of sp³-hybridized carbons (Fsp3) is 0.188. The van der Waals surface area contributed by atoms with Crippen molar-refractivity contribution in [3.63, 3.8) is 0 Å². The van der Waals surface area contributed by atoms with E-state index < -0.39 is 0 Å². The number of carbonyl (C=O) groups excluding carboxylic acids is 1. The van der Waals surface area contributed by atoms with Crippen LogP contribution in [0.3, 0.4) is 0 Å². The molecule has 0 aliphatic carbocycles. The highest BCUT2D eigenvalue weighted by atomic mass is 19.1. The second kappa shape index (κ2) is 6.19. The summed E-state index contributed by atoms with van der Waals surface area (Å²) in [4.78, 5) is 11.9. The molecule has 2 aromatic carbocycles. The topological polar surface area (TPSA) is 49.3 Å². The van der Waals surface area contributed by atoms with Gasteiger partial charge in [0.05, 0.1) is 0 Å². The minimum Gasteiger partial charge on any atom is -0.508 e. The molecule has 104 valence electrons. The predicted molar refractivity (Wildman–Crippen MR) is 75.3 cm³/mol. The van der Waals surface area contributed by atoms with E-state index in [0.29, 0.717) is 18.5 Å². The lowest BCUT2D eigenvalue weighted by atomic mass is 10.1. The molecule has 0 heterocycles. The molecule has 20 heavy (non-hydrogen) atoms. The van der Waals surface area contributed by atoms with Crippen molar-refractivity contribution in [2.75, 3.05) is 6.54 Å². The number of rotatable bonds is 4. The molecule has 2 N–H and O–H groups in total. The van der Waals surface area contributed by atoms with Crippen molar-refractivity contribution in [2.45, 2.75) is 13.3 Å². The Morgan fingerprint density at radius 2 is 2.05 bits per heavy atom. The molecule has 0 aliphatic rings. The van der Waals surface area contributed by atoms with E-state index in [-0.39, 0.29) is 17.5 Å². The highest BCUT2D eigenvalue weighted by Crippen LogP contribution is 2.17. The fourth-order valence-electron chi connectivity index (χ4n) is 1.87. The number of phenols is 1. The van der Waals surface area contributed by atoms with E-state index in [1.807, 2.05) is 6.07 Å². The number of phenolic OH excluding ortho intramolecular Hbond substituents is 1. The molecule has 0 saturated heterocycles. The van der Waals surface area contributed by atoms with Crippen LogP contribution in [0.5, 0.6) is 5.75 Å². The van der Waals surface area contributed by atoms with Gasteiger partial charge < -0.3 is 10.4 Å². The van der Waals surface area contributed by atoms with Gasteiger partial charge in [-0.05, 0) is 48.7 Å². The van der Waals surface area contributed by atoms with Crippen molar-refractivity contribution < 1.29 is 14.3 Å². The van der Waals surface area contributed by atoms with Crippen molar-refractivity contribution in [2.24, 2.45) is 0 Å². The molecule has 0 fully saturated rings. The standard InChI is InChI=1S/C16H16FNO2/c1-11-5-6-13(10-15(11)19)16(20)18-8-7-12-3-2-4-14(17)9-12/h2-6,9-10,19H,7-8H2,1H3,(H,18,20). The molecule has 2 rings (SSSR count). The van der Waals surface area contributed by atoms with E-state index in [1.54, 1.807) is 25.1 Å². The number of hydrogen-bond acceptors (Lipinski definition) is 2. The summed E-state index contributed by atoms with van der Waals surface area (Å²) >= 11 is 0. The fourth-order valence-corrected chi connectivity index (χ4v) is 1.87. The van der Waals surface area contributed by atoms with Crippen molar-refractivity contribution >= 4 is 5.91 Å². The Kier molecular flexibility index (Phi) is 4.35. The van der Waals surface area contributed by atoms with E-state index in [4.69, 9.17) is 0 Å². The lowest BCUT2D eigenvalue weighted by molar-refractivity contribution is 0.0953. The van der Waals surface area contributed by atoms with Crippen molar-refractivity contribution in [3.05, 3.63) is 65.0 Å². The first-order chi connectivity index (χ1) is 9.56. The maximum Gasteiger partial charge on any atom is 0.251 e. The van der Waals surface area contributed by atoms with Crippen LogP contribution >= 0.6 is 0 Å². The largest absolute Gasteiger partial charge is 0.508 e. The molecule has 0 aliphatic heterocycles. The van der Waals surface area contributed by atoms with Crippen LogP contribution in [0.4, 0.5) is 4.39 Å². The van der Waals surface area contributed by atoms with Gasteiger partial charge >= 0.3 is 0 Å². The van der Waals surface area contributed by atoms with Crippen molar-refractivity contribution in [3.8, 4) is 5.75 Å². The lowest BCUT2D eigenvalue weighted by Gasteiger charge is -2.07. The first kappa shape index (κ1) is 14.1. The third kappa shape index (κ3) is 3.57. The Morgan fingerprint density at radius 3 is 2.75 bits per heavy atom. The Balaban J connectivity index is 1.90. The van der Waals surface area contributed by atoms with Gasteiger partial charge in [-0.3, -0.25) is 4.79 Å². The molecule has 0 unspecified atom stereocenters. The molecule has 2 aromatic rings. The summed E-state index contributed by atoms with van der Waals surface area (Å²) in [5.41, 5.74) is 1.96. The summed E-state index contributed by atoms with van der Waals surface area (Å²) in [5, 5.41) is 12.3. The number of amides is 1. The zero-order chi connectivity index (χ0) is 14.5.